The highest BCUT2D eigenvalue weighted by atomic mass is 16.1. The number of ketones is 1. The summed E-state index contributed by atoms with van der Waals surface area (Å²) in [6.45, 7) is 3.45. The van der Waals surface area contributed by atoms with Gasteiger partial charge in [0.05, 0.1) is 6.54 Å². The van der Waals surface area contributed by atoms with E-state index >= 15 is 0 Å². The van der Waals surface area contributed by atoms with Gasteiger partial charge in [0.1, 0.15) is 5.69 Å². The van der Waals surface area contributed by atoms with E-state index in [4.69, 9.17) is 0 Å². The second-order valence-corrected chi connectivity index (χ2v) is 4.13. The van der Waals surface area contributed by atoms with E-state index in [9.17, 15) is 4.79 Å². The monoisotopic (exact) mass is 219 g/mol. The summed E-state index contributed by atoms with van der Waals surface area (Å²) < 4.78 is 0. The number of nitrogens with zero attached hydrogens (tertiary/aromatic N) is 1. The molecule has 0 saturated carbocycles. The SMILES string of the molecule is O=C(CNC[C@H]1CCNC1)c1ccccn1. The number of carbonyl (C=O) groups excluding carboxylic acids is 1. The van der Waals surface area contributed by atoms with Crippen LogP contribution in [0.1, 0.15) is 16.9 Å². The highest BCUT2D eigenvalue weighted by molar-refractivity contribution is 5.95. The Morgan fingerprint density at radius 1 is 1.56 bits per heavy atom. The van der Waals surface area contributed by atoms with Crippen LogP contribution >= 0.6 is 0 Å². The Morgan fingerprint density at radius 3 is 3.19 bits per heavy atom. The molecule has 0 aliphatic carbocycles. The van der Waals surface area contributed by atoms with Crippen molar-refractivity contribution in [2.24, 2.45) is 5.92 Å². The predicted octanol–water partition coefficient (Wildman–Crippen LogP) is 0.463. The van der Waals surface area contributed by atoms with E-state index in [1.807, 2.05) is 12.1 Å². The molecular weight excluding hydrogens is 202 g/mol. The predicted molar refractivity (Wildman–Crippen MR) is 62.4 cm³/mol. The quantitative estimate of drug-likeness (QED) is 0.707. The summed E-state index contributed by atoms with van der Waals surface area (Å²) in [7, 11) is 0. The maximum absolute atomic E-state index is 11.7. The van der Waals surface area contributed by atoms with Crippen molar-refractivity contribution in [3.05, 3.63) is 30.1 Å². The van der Waals surface area contributed by atoms with Gasteiger partial charge < -0.3 is 10.6 Å². The van der Waals surface area contributed by atoms with Gasteiger partial charge in [0.2, 0.25) is 0 Å². The van der Waals surface area contributed by atoms with Crippen molar-refractivity contribution in [3.8, 4) is 0 Å². The fourth-order valence-electron chi connectivity index (χ4n) is 1.90. The van der Waals surface area contributed by atoms with E-state index in [2.05, 4.69) is 15.6 Å². The number of carbonyl (C=O) groups is 1. The van der Waals surface area contributed by atoms with Crippen molar-refractivity contribution < 1.29 is 4.79 Å². The summed E-state index contributed by atoms with van der Waals surface area (Å²) >= 11 is 0. The molecule has 86 valence electrons. The molecule has 4 heteroatoms. The first-order valence-electron chi connectivity index (χ1n) is 5.72. The van der Waals surface area contributed by atoms with Gasteiger partial charge in [-0.2, -0.15) is 0 Å². The minimum Gasteiger partial charge on any atom is -0.316 e. The minimum absolute atomic E-state index is 0.0616. The number of rotatable bonds is 5. The highest BCUT2D eigenvalue weighted by Gasteiger charge is 2.14. The molecule has 0 radical (unpaired) electrons. The van der Waals surface area contributed by atoms with Gasteiger partial charge in [0.15, 0.2) is 5.78 Å². The van der Waals surface area contributed by atoms with Crippen molar-refractivity contribution in [1.82, 2.24) is 15.6 Å². The Hall–Kier alpha value is -1.26. The molecule has 1 atom stereocenters. The summed E-state index contributed by atoms with van der Waals surface area (Å²) in [5.74, 6) is 0.725. The number of nitrogens with one attached hydrogen (secondary N) is 2. The standard InChI is InChI=1S/C12H17N3O/c16-12(11-3-1-2-5-15-11)9-14-8-10-4-6-13-7-10/h1-3,5,10,13-14H,4,6-9H2/t10-/m0/s1. The second-order valence-electron chi connectivity index (χ2n) is 4.13. The zero-order valence-electron chi connectivity index (χ0n) is 9.28. The molecule has 1 aliphatic rings. The van der Waals surface area contributed by atoms with Crippen LogP contribution in [0.3, 0.4) is 0 Å². The molecule has 0 amide bonds. The van der Waals surface area contributed by atoms with Crippen LogP contribution in [0.5, 0.6) is 0 Å². The van der Waals surface area contributed by atoms with Crippen molar-refractivity contribution in [2.75, 3.05) is 26.2 Å². The van der Waals surface area contributed by atoms with E-state index in [-0.39, 0.29) is 5.78 Å². The van der Waals surface area contributed by atoms with Crippen LogP contribution in [0.4, 0.5) is 0 Å². The van der Waals surface area contributed by atoms with Crippen LogP contribution < -0.4 is 10.6 Å². The van der Waals surface area contributed by atoms with Crippen LogP contribution in [-0.4, -0.2) is 36.9 Å². The molecule has 16 heavy (non-hydrogen) atoms. The molecule has 0 bridgehead atoms. The first-order valence-corrected chi connectivity index (χ1v) is 5.72. The molecule has 2 rings (SSSR count). The molecule has 2 N–H and O–H groups in total. The second kappa shape index (κ2) is 5.72. The van der Waals surface area contributed by atoms with Crippen LogP contribution in [0.25, 0.3) is 0 Å². The summed E-state index contributed by atoms with van der Waals surface area (Å²) in [4.78, 5) is 15.7. The Labute approximate surface area is 95.5 Å². The molecule has 0 unspecified atom stereocenters. The van der Waals surface area contributed by atoms with Crippen molar-refractivity contribution in [3.63, 3.8) is 0 Å². The third-order valence-corrected chi connectivity index (χ3v) is 2.83. The van der Waals surface area contributed by atoms with Crippen LogP contribution in [-0.2, 0) is 0 Å². The summed E-state index contributed by atoms with van der Waals surface area (Å²) in [5.41, 5.74) is 0.541. The van der Waals surface area contributed by atoms with Gasteiger partial charge in [-0.05, 0) is 44.1 Å². The molecule has 1 aromatic rings. The van der Waals surface area contributed by atoms with Crippen molar-refractivity contribution >= 4 is 5.78 Å². The topological polar surface area (TPSA) is 54.0 Å². The van der Waals surface area contributed by atoms with Gasteiger partial charge in [-0.15, -0.1) is 0 Å². The molecule has 1 fully saturated rings. The molecule has 0 spiro atoms. The van der Waals surface area contributed by atoms with E-state index < -0.39 is 0 Å². The number of hydrogen-bond donors (Lipinski definition) is 2. The van der Waals surface area contributed by atoms with Crippen LogP contribution in [0, 0.1) is 5.92 Å². The zero-order chi connectivity index (χ0) is 11.2. The summed E-state index contributed by atoms with van der Waals surface area (Å²) in [6, 6.07) is 5.40. The third kappa shape index (κ3) is 3.12. The molecule has 0 aromatic carbocycles. The Balaban J connectivity index is 1.71. The molecule has 2 heterocycles. The zero-order valence-corrected chi connectivity index (χ0v) is 9.28. The van der Waals surface area contributed by atoms with Crippen molar-refractivity contribution in [1.29, 1.82) is 0 Å². The van der Waals surface area contributed by atoms with Crippen LogP contribution in [0.2, 0.25) is 0 Å². The Morgan fingerprint density at radius 2 is 2.50 bits per heavy atom. The third-order valence-electron chi connectivity index (χ3n) is 2.83. The fourth-order valence-corrected chi connectivity index (χ4v) is 1.90. The minimum atomic E-state index is 0.0616. The van der Waals surface area contributed by atoms with Gasteiger partial charge in [0, 0.05) is 6.20 Å². The average molecular weight is 219 g/mol. The van der Waals surface area contributed by atoms with E-state index in [0.29, 0.717) is 18.2 Å². The van der Waals surface area contributed by atoms with Gasteiger partial charge in [-0.3, -0.25) is 9.78 Å². The highest BCUT2D eigenvalue weighted by Crippen LogP contribution is 2.05. The maximum Gasteiger partial charge on any atom is 0.194 e. The average Bonchev–Trinajstić information content (AvgIpc) is 2.83. The molecule has 1 aliphatic heterocycles. The van der Waals surface area contributed by atoms with Gasteiger partial charge in [-0.25, -0.2) is 0 Å². The lowest BCUT2D eigenvalue weighted by Gasteiger charge is -2.08. The Bertz CT molecular complexity index is 333. The number of aromatic nitrogens is 1. The smallest absolute Gasteiger partial charge is 0.194 e. The Kier molecular flexibility index (Phi) is 4.02. The maximum atomic E-state index is 11.7. The normalized spacial score (nSPS) is 19.9. The van der Waals surface area contributed by atoms with E-state index in [0.717, 1.165) is 19.6 Å². The first kappa shape index (κ1) is 11.2. The summed E-state index contributed by atoms with van der Waals surface area (Å²) in [6.07, 6.45) is 2.85. The van der Waals surface area contributed by atoms with Gasteiger partial charge in [0.25, 0.3) is 0 Å². The molecule has 4 nitrogen and oxygen atoms in total. The lowest BCUT2D eigenvalue weighted by molar-refractivity contribution is 0.0985. The fraction of sp³-hybridized carbons (Fsp3) is 0.500. The first-order chi connectivity index (χ1) is 7.86. The van der Waals surface area contributed by atoms with Gasteiger partial charge >= 0.3 is 0 Å². The number of pyridine rings is 1. The molecular formula is C12H17N3O. The lowest BCUT2D eigenvalue weighted by atomic mass is 10.1. The number of hydrogen-bond acceptors (Lipinski definition) is 4. The van der Waals surface area contributed by atoms with Gasteiger partial charge in [-0.1, -0.05) is 6.07 Å². The largest absolute Gasteiger partial charge is 0.316 e. The van der Waals surface area contributed by atoms with Crippen molar-refractivity contribution in [2.45, 2.75) is 6.42 Å². The summed E-state index contributed by atoms with van der Waals surface area (Å²) in [5, 5.41) is 6.50. The number of Topliss-reactive ketones (excluding diaryl/α,β-unsaturated/α-hetero) is 1. The van der Waals surface area contributed by atoms with Crippen LogP contribution in [0.15, 0.2) is 24.4 Å². The molecule has 1 saturated heterocycles. The molecule has 1 aromatic heterocycles. The van der Waals surface area contributed by atoms with E-state index in [1.54, 1.807) is 12.3 Å². The van der Waals surface area contributed by atoms with E-state index in [1.165, 1.54) is 6.42 Å². The lowest BCUT2D eigenvalue weighted by Crippen LogP contribution is -2.29.